The average molecular weight is 561 g/mol. The molecule has 1 unspecified atom stereocenters. The Morgan fingerprint density at radius 2 is 1.65 bits per heavy atom. The molecule has 1 aromatic rings. The first-order valence-electron chi connectivity index (χ1n) is 15.8. The molecule has 3 heterocycles. The van der Waals surface area contributed by atoms with Crippen molar-refractivity contribution in [1.29, 1.82) is 0 Å². The summed E-state index contributed by atoms with van der Waals surface area (Å²) < 4.78 is 31.4. The lowest BCUT2D eigenvalue weighted by Gasteiger charge is -2.33. The van der Waals surface area contributed by atoms with Crippen LogP contribution in [0.5, 0.6) is 0 Å². The van der Waals surface area contributed by atoms with Crippen molar-refractivity contribution in [2.75, 3.05) is 31.6 Å². The van der Waals surface area contributed by atoms with Crippen molar-refractivity contribution in [1.82, 2.24) is 4.90 Å². The van der Waals surface area contributed by atoms with Crippen molar-refractivity contribution in [3.8, 4) is 0 Å². The zero-order valence-corrected chi connectivity index (χ0v) is 25.0. The van der Waals surface area contributed by atoms with Crippen molar-refractivity contribution in [2.24, 2.45) is 0 Å². The van der Waals surface area contributed by atoms with Crippen LogP contribution in [0, 0.1) is 0 Å². The summed E-state index contributed by atoms with van der Waals surface area (Å²) in [5, 5.41) is 2.87. The van der Waals surface area contributed by atoms with Gasteiger partial charge in [-0.25, -0.2) is 4.79 Å². The summed E-state index contributed by atoms with van der Waals surface area (Å²) in [5.41, 5.74) is 0.696. The monoisotopic (exact) mass is 560 g/mol. The number of amides is 1. The minimum absolute atomic E-state index is 0.360. The van der Waals surface area contributed by atoms with E-state index in [4.69, 9.17) is 23.7 Å². The maximum atomic E-state index is 13.1. The summed E-state index contributed by atoms with van der Waals surface area (Å²) in [5.74, 6) is -0.744. The van der Waals surface area contributed by atoms with Crippen LogP contribution in [0.3, 0.4) is 0 Å². The Balaban J connectivity index is 1.40. The zero-order chi connectivity index (χ0) is 28.2. The standard InChI is InChI=1S/C32H52N2O6/c1-4-5-6-7-8-9-12-18-23-36-28-27(38-30-29(28)39-32(2,3)40-30)26(24-34-21-16-10-11-17-22-34)37-31(35)33-25-19-14-13-15-20-25/h13-15,19-20,26-30H,4-12,16-18,21-24H2,1-3H3,(H,33,35)/t26?,27-,28+,29-,30-/m1/s1. The maximum Gasteiger partial charge on any atom is 0.412 e. The highest BCUT2D eigenvalue weighted by atomic mass is 16.8. The van der Waals surface area contributed by atoms with E-state index in [-0.39, 0.29) is 12.2 Å². The van der Waals surface area contributed by atoms with Crippen LogP contribution in [0.2, 0.25) is 0 Å². The number of likely N-dealkylation sites (tertiary alicyclic amines) is 1. The first-order chi connectivity index (χ1) is 19.4. The van der Waals surface area contributed by atoms with Crippen molar-refractivity contribution in [3.05, 3.63) is 30.3 Å². The van der Waals surface area contributed by atoms with Crippen LogP contribution in [-0.2, 0) is 23.7 Å². The highest BCUT2D eigenvalue weighted by Gasteiger charge is 2.58. The number of unbranched alkanes of at least 4 members (excludes halogenated alkanes) is 7. The number of ether oxygens (including phenoxy) is 5. The van der Waals surface area contributed by atoms with Gasteiger partial charge in [-0.3, -0.25) is 10.2 Å². The number of fused-ring (bicyclic) bond motifs is 1. The molecular formula is C32H52N2O6. The molecule has 0 spiro atoms. The maximum absolute atomic E-state index is 13.1. The molecule has 3 aliphatic heterocycles. The molecule has 8 heteroatoms. The molecule has 3 aliphatic rings. The molecule has 8 nitrogen and oxygen atoms in total. The molecule has 0 saturated carbocycles. The summed E-state index contributed by atoms with van der Waals surface area (Å²) in [6.07, 6.45) is 11.9. The highest BCUT2D eigenvalue weighted by Crippen LogP contribution is 2.40. The van der Waals surface area contributed by atoms with Crippen LogP contribution in [0.1, 0.15) is 97.8 Å². The number of benzene rings is 1. The second kappa shape index (κ2) is 16.1. The summed E-state index contributed by atoms with van der Waals surface area (Å²) in [4.78, 5) is 15.5. The number of hydrogen-bond acceptors (Lipinski definition) is 7. The number of anilines is 1. The van der Waals surface area contributed by atoms with Crippen LogP contribution in [0.4, 0.5) is 10.5 Å². The molecule has 226 valence electrons. The summed E-state index contributed by atoms with van der Waals surface area (Å²) in [7, 11) is 0. The first-order valence-corrected chi connectivity index (χ1v) is 15.8. The Hall–Kier alpha value is -1.71. The summed E-state index contributed by atoms with van der Waals surface area (Å²) in [6, 6.07) is 9.38. The van der Waals surface area contributed by atoms with E-state index >= 15 is 0 Å². The van der Waals surface area contributed by atoms with Gasteiger partial charge in [0.1, 0.15) is 24.4 Å². The van der Waals surface area contributed by atoms with Gasteiger partial charge in [0, 0.05) is 18.8 Å². The fourth-order valence-corrected chi connectivity index (χ4v) is 6.04. The quantitative estimate of drug-likeness (QED) is 0.234. The first kappa shape index (κ1) is 31.2. The molecule has 5 atom stereocenters. The fourth-order valence-electron chi connectivity index (χ4n) is 6.04. The van der Waals surface area contributed by atoms with Crippen molar-refractivity contribution in [3.63, 3.8) is 0 Å². The van der Waals surface area contributed by atoms with E-state index in [1.54, 1.807) is 0 Å². The van der Waals surface area contributed by atoms with Gasteiger partial charge >= 0.3 is 6.09 Å². The predicted molar refractivity (Wildman–Crippen MR) is 156 cm³/mol. The lowest BCUT2D eigenvalue weighted by atomic mass is 10.0. The molecule has 3 saturated heterocycles. The van der Waals surface area contributed by atoms with Gasteiger partial charge in [-0.15, -0.1) is 0 Å². The van der Waals surface area contributed by atoms with Gasteiger partial charge in [0.05, 0.1) is 0 Å². The number of carbonyl (C=O) groups excluding carboxylic acids is 1. The largest absolute Gasteiger partial charge is 0.442 e. The van der Waals surface area contributed by atoms with Crippen LogP contribution in [0.25, 0.3) is 0 Å². The van der Waals surface area contributed by atoms with E-state index < -0.39 is 30.4 Å². The molecular weight excluding hydrogens is 508 g/mol. The lowest BCUT2D eigenvalue weighted by Crippen LogP contribution is -2.50. The van der Waals surface area contributed by atoms with Gasteiger partial charge in [-0.2, -0.15) is 0 Å². The number of rotatable bonds is 15. The third kappa shape index (κ3) is 9.69. The highest BCUT2D eigenvalue weighted by molar-refractivity contribution is 5.84. The van der Waals surface area contributed by atoms with Crippen molar-refractivity contribution >= 4 is 11.8 Å². The van der Waals surface area contributed by atoms with Crippen molar-refractivity contribution in [2.45, 2.75) is 134 Å². The number of para-hydroxylation sites is 1. The summed E-state index contributed by atoms with van der Waals surface area (Å²) >= 11 is 0. The molecule has 0 radical (unpaired) electrons. The Kier molecular flexibility index (Phi) is 12.5. The van der Waals surface area contributed by atoms with Crippen LogP contribution < -0.4 is 5.32 Å². The van der Waals surface area contributed by atoms with Crippen LogP contribution in [-0.4, -0.2) is 73.7 Å². The van der Waals surface area contributed by atoms with Gasteiger partial charge in [-0.1, -0.05) is 82.9 Å². The predicted octanol–water partition coefficient (Wildman–Crippen LogP) is 6.88. The van der Waals surface area contributed by atoms with E-state index in [9.17, 15) is 4.79 Å². The van der Waals surface area contributed by atoms with E-state index in [1.807, 2.05) is 44.2 Å². The van der Waals surface area contributed by atoms with E-state index in [0.717, 1.165) is 38.8 Å². The lowest BCUT2D eigenvalue weighted by molar-refractivity contribution is -0.230. The van der Waals surface area contributed by atoms with Gasteiger partial charge in [-0.05, 0) is 58.3 Å². The normalized spacial score (nSPS) is 27.2. The molecule has 1 N–H and O–H groups in total. The molecule has 0 aliphatic carbocycles. The fraction of sp³-hybridized carbons (Fsp3) is 0.781. The minimum atomic E-state index is -0.744. The summed E-state index contributed by atoms with van der Waals surface area (Å²) in [6.45, 7) is 9.25. The third-order valence-electron chi connectivity index (χ3n) is 8.12. The SMILES string of the molecule is CCCCCCCCCCO[C@@H]1[C@H]2OC(C)(C)O[C@H]2O[C@@H]1C(CN1CCCCCC1)OC(=O)Nc1ccccc1. The molecule has 4 rings (SSSR count). The average Bonchev–Trinajstić information content (AvgIpc) is 3.26. The Bertz CT molecular complexity index is 860. The third-order valence-corrected chi connectivity index (χ3v) is 8.12. The Morgan fingerprint density at radius 3 is 2.35 bits per heavy atom. The van der Waals surface area contributed by atoms with Crippen LogP contribution >= 0.6 is 0 Å². The van der Waals surface area contributed by atoms with Crippen molar-refractivity contribution < 1.29 is 28.5 Å². The van der Waals surface area contributed by atoms with E-state index in [0.29, 0.717) is 18.8 Å². The second-order valence-electron chi connectivity index (χ2n) is 12.0. The molecule has 1 aromatic carbocycles. The van der Waals surface area contributed by atoms with Gasteiger partial charge in [0.25, 0.3) is 0 Å². The van der Waals surface area contributed by atoms with Gasteiger partial charge in [0.2, 0.25) is 0 Å². The molecule has 40 heavy (non-hydrogen) atoms. The second-order valence-corrected chi connectivity index (χ2v) is 12.0. The van der Waals surface area contributed by atoms with E-state index in [1.165, 1.54) is 51.4 Å². The topological polar surface area (TPSA) is 78.5 Å². The van der Waals surface area contributed by atoms with Crippen LogP contribution in [0.15, 0.2) is 30.3 Å². The number of nitrogens with zero attached hydrogens (tertiary/aromatic N) is 1. The number of carbonyl (C=O) groups is 1. The smallest absolute Gasteiger partial charge is 0.412 e. The number of nitrogens with one attached hydrogen (secondary N) is 1. The van der Waals surface area contributed by atoms with E-state index in [2.05, 4.69) is 17.1 Å². The molecule has 0 aromatic heterocycles. The Morgan fingerprint density at radius 1 is 0.975 bits per heavy atom. The molecule has 1 amide bonds. The zero-order valence-electron chi connectivity index (χ0n) is 25.0. The minimum Gasteiger partial charge on any atom is -0.442 e. The van der Waals surface area contributed by atoms with Gasteiger partial charge < -0.3 is 23.7 Å². The number of hydrogen-bond donors (Lipinski definition) is 1. The molecule has 0 bridgehead atoms. The molecule has 3 fully saturated rings. The van der Waals surface area contributed by atoms with Gasteiger partial charge in [0.15, 0.2) is 12.1 Å². The Labute approximate surface area is 241 Å².